The lowest BCUT2D eigenvalue weighted by Crippen LogP contribution is -2.31. The molecule has 116 valence electrons. The molecular formula is C16H19N3O3. The van der Waals surface area contributed by atoms with Crippen LogP contribution in [0.4, 0.5) is 0 Å². The minimum atomic E-state index is -0.295. The largest absolute Gasteiger partial charge is 0.480 e. The normalized spacial score (nSPS) is 21.0. The molecule has 1 amide bonds. The highest BCUT2D eigenvalue weighted by atomic mass is 16.5. The van der Waals surface area contributed by atoms with Crippen molar-refractivity contribution < 1.29 is 14.3 Å². The van der Waals surface area contributed by atoms with Crippen molar-refractivity contribution in [2.24, 2.45) is 5.41 Å². The van der Waals surface area contributed by atoms with Gasteiger partial charge in [-0.2, -0.15) is 0 Å². The number of carbonyl (C=O) groups is 2. The molecule has 0 saturated heterocycles. The summed E-state index contributed by atoms with van der Waals surface area (Å²) >= 11 is 0. The Morgan fingerprint density at radius 2 is 2.00 bits per heavy atom. The van der Waals surface area contributed by atoms with Gasteiger partial charge in [0.05, 0.1) is 24.8 Å². The molecule has 1 aliphatic heterocycles. The summed E-state index contributed by atoms with van der Waals surface area (Å²) in [4.78, 5) is 23.2. The third-order valence-electron chi connectivity index (χ3n) is 4.29. The third-order valence-corrected chi connectivity index (χ3v) is 4.29. The van der Waals surface area contributed by atoms with Crippen LogP contribution >= 0.6 is 0 Å². The first kappa shape index (κ1) is 14.7. The minimum absolute atomic E-state index is 0.147. The van der Waals surface area contributed by atoms with Gasteiger partial charge in [0.25, 0.3) is 0 Å². The Morgan fingerprint density at radius 3 is 2.59 bits per heavy atom. The van der Waals surface area contributed by atoms with Crippen molar-refractivity contribution >= 4 is 17.3 Å². The summed E-state index contributed by atoms with van der Waals surface area (Å²) in [6.07, 6.45) is 3.38. The second-order valence-corrected chi connectivity index (χ2v) is 6.69. The van der Waals surface area contributed by atoms with Gasteiger partial charge in [-0.3, -0.25) is 9.59 Å². The first-order chi connectivity index (χ1) is 10.4. The quantitative estimate of drug-likeness (QED) is 0.861. The van der Waals surface area contributed by atoms with E-state index in [1.165, 1.54) is 6.20 Å². The summed E-state index contributed by atoms with van der Waals surface area (Å²) in [7, 11) is 1.57. The fraction of sp³-hybridized carbons (Fsp3) is 0.500. The predicted molar refractivity (Wildman–Crippen MR) is 80.1 cm³/mol. The summed E-state index contributed by atoms with van der Waals surface area (Å²) in [6, 6.07) is 1.87. The number of methoxy groups -OCH3 is 1. The molecule has 0 radical (unpaired) electrons. The number of rotatable bonds is 3. The van der Waals surface area contributed by atoms with Crippen LogP contribution in [0, 0.1) is 5.41 Å². The molecule has 0 bridgehead atoms. The topological polar surface area (TPSA) is 81.2 Å². The monoisotopic (exact) mass is 301 g/mol. The van der Waals surface area contributed by atoms with Crippen molar-refractivity contribution in [3.05, 3.63) is 23.5 Å². The number of allylic oxidation sites excluding steroid dienone is 1. The van der Waals surface area contributed by atoms with E-state index in [0.29, 0.717) is 28.5 Å². The molecule has 0 unspecified atom stereocenters. The number of amides is 1. The number of Topliss-reactive ketones (excluding diaryl/α,β-unsaturated/α-hetero) is 1. The zero-order chi connectivity index (χ0) is 15.9. The highest BCUT2D eigenvalue weighted by molar-refractivity contribution is 6.27. The number of hydrogen-bond donors (Lipinski definition) is 1. The number of ether oxygens (including phenoxy) is 1. The van der Waals surface area contributed by atoms with Crippen LogP contribution in [0.5, 0.6) is 5.88 Å². The second-order valence-electron chi connectivity index (χ2n) is 6.69. The number of nitrogens with zero attached hydrogens (tertiary/aromatic N) is 2. The molecule has 3 rings (SSSR count). The zero-order valence-corrected chi connectivity index (χ0v) is 13.0. The zero-order valence-electron chi connectivity index (χ0n) is 13.0. The van der Waals surface area contributed by atoms with Gasteiger partial charge in [-0.15, -0.1) is 10.2 Å². The highest BCUT2D eigenvalue weighted by Gasteiger charge is 2.39. The van der Waals surface area contributed by atoms with Gasteiger partial charge < -0.3 is 10.1 Å². The molecule has 2 heterocycles. The fourth-order valence-electron chi connectivity index (χ4n) is 3.21. The molecule has 1 aliphatic carbocycles. The van der Waals surface area contributed by atoms with Crippen LogP contribution < -0.4 is 10.1 Å². The van der Waals surface area contributed by atoms with Crippen LogP contribution in [0.3, 0.4) is 0 Å². The SMILES string of the molecule is COc1nnc(C2=CNC(=O)CC2=O)cc1C1CC(C)(C)C1. The molecule has 6 heteroatoms. The molecule has 0 aromatic carbocycles. The van der Waals surface area contributed by atoms with E-state index in [-0.39, 0.29) is 18.1 Å². The van der Waals surface area contributed by atoms with E-state index in [1.54, 1.807) is 7.11 Å². The smallest absolute Gasteiger partial charge is 0.236 e. The maximum Gasteiger partial charge on any atom is 0.236 e. The van der Waals surface area contributed by atoms with Gasteiger partial charge in [0.15, 0.2) is 5.78 Å². The summed E-state index contributed by atoms with van der Waals surface area (Å²) in [6.45, 7) is 4.46. The van der Waals surface area contributed by atoms with Gasteiger partial charge in [0.1, 0.15) is 0 Å². The Kier molecular flexibility index (Phi) is 3.47. The van der Waals surface area contributed by atoms with Gasteiger partial charge in [0, 0.05) is 11.8 Å². The molecule has 0 spiro atoms. The van der Waals surface area contributed by atoms with Crippen LogP contribution in [-0.4, -0.2) is 29.0 Å². The van der Waals surface area contributed by atoms with Crippen molar-refractivity contribution in [2.45, 2.75) is 39.0 Å². The van der Waals surface area contributed by atoms with Crippen molar-refractivity contribution in [1.82, 2.24) is 15.5 Å². The van der Waals surface area contributed by atoms with Crippen LogP contribution in [0.25, 0.3) is 5.57 Å². The number of ketones is 1. The average molecular weight is 301 g/mol. The van der Waals surface area contributed by atoms with E-state index in [4.69, 9.17) is 4.74 Å². The standard InChI is InChI=1S/C16H19N3O3/c1-16(2)6-9(7-16)10-4-12(18-19-15(10)22-3)11-8-17-14(21)5-13(11)20/h4,8-9H,5-7H2,1-3H3,(H,17,21). The summed E-state index contributed by atoms with van der Waals surface area (Å²) in [5, 5.41) is 10.7. The summed E-state index contributed by atoms with van der Waals surface area (Å²) < 4.78 is 5.31. The van der Waals surface area contributed by atoms with E-state index < -0.39 is 0 Å². The van der Waals surface area contributed by atoms with Crippen molar-refractivity contribution in [3.63, 3.8) is 0 Å². The van der Waals surface area contributed by atoms with Crippen LogP contribution in [0.15, 0.2) is 12.3 Å². The first-order valence-electron chi connectivity index (χ1n) is 7.34. The van der Waals surface area contributed by atoms with E-state index in [2.05, 4.69) is 29.4 Å². The maximum atomic E-state index is 12.0. The van der Waals surface area contributed by atoms with Crippen LogP contribution in [0.2, 0.25) is 0 Å². The van der Waals surface area contributed by atoms with E-state index >= 15 is 0 Å². The molecule has 1 N–H and O–H groups in total. The van der Waals surface area contributed by atoms with E-state index in [9.17, 15) is 9.59 Å². The van der Waals surface area contributed by atoms with Gasteiger partial charge in [-0.05, 0) is 30.2 Å². The van der Waals surface area contributed by atoms with Crippen molar-refractivity contribution in [3.8, 4) is 5.88 Å². The van der Waals surface area contributed by atoms with Gasteiger partial charge in [0.2, 0.25) is 11.8 Å². The molecule has 1 aromatic rings. The lowest BCUT2D eigenvalue weighted by molar-refractivity contribution is -0.125. The first-order valence-corrected chi connectivity index (χ1v) is 7.34. The Balaban J connectivity index is 1.94. The Hall–Kier alpha value is -2.24. The van der Waals surface area contributed by atoms with Crippen molar-refractivity contribution in [2.75, 3.05) is 7.11 Å². The number of carbonyl (C=O) groups excluding carboxylic acids is 2. The van der Waals surface area contributed by atoms with E-state index in [1.807, 2.05) is 6.07 Å². The second kappa shape index (κ2) is 5.19. The number of hydrogen-bond acceptors (Lipinski definition) is 5. The van der Waals surface area contributed by atoms with Gasteiger partial charge in [-0.1, -0.05) is 13.8 Å². The van der Waals surface area contributed by atoms with E-state index in [0.717, 1.165) is 18.4 Å². The summed E-state index contributed by atoms with van der Waals surface area (Å²) in [5.41, 5.74) is 2.20. The molecule has 22 heavy (non-hydrogen) atoms. The number of nitrogens with one attached hydrogen (secondary N) is 1. The highest BCUT2D eigenvalue weighted by Crippen LogP contribution is 2.52. The Morgan fingerprint density at radius 1 is 1.27 bits per heavy atom. The molecule has 6 nitrogen and oxygen atoms in total. The lowest BCUT2D eigenvalue weighted by atomic mass is 9.62. The molecular weight excluding hydrogens is 282 g/mol. The fourth-order valence-corrected chi connectivity index (χ4v) is 3.21. The third kappa shape index (κ3) is 2.61. The lowest BCUT2D eigenvalue weighted by Gasteiger charge is -2.43. The van der Waals surface area contributed by atoms with Gasteiger partial charge >= 0.3 is 0 Å². The van der Waals surface area contributed by atoms with Crippen LogP contribution in [0.1, 0.15) is 50.3 Å². The average Bonchev–Trinajstić information content (AvgIpc) is 2.44. The maximum absolute atomic E-state index is 12.0. The summed E-state index contributed by atoms with van der Waals surface area (Å²) in [5.74, 6) is 0.351. The molecule has 1 saturated carbocycles. The van der Waals surface area contributed by atoms with Crippen molar-refractivity contribution in [1.29, 1.82) is 0 Å². The Bertz CT molecular complexity index is 671. The molecule has 0 atom stereocenters. The minimum Gasteiger partial charge on any atom is -0.480 e. The predicted octanol–water partition coefficient (Wildman–Crippen LogP) is 1.82. The van der Waals surface area contributed by atoms with Crippen LogP contribution in [-0.2, 0) is 9.59 Å². The molecule has 1 fully saturated rings. The molecule has 2 aliphatic rings. The Labute approximate surface area is 129 Å². The number of aromatic nitrogens is 2. The van der Waals surface area contributed by atoms with Gasteiger partial charge in [-0.25, -0.2) is 0 Å². The molecule has 1 aromatic heterocycles.